The van der Waals surface area contributed by atoms with Crippen molar-refractivity contribution >= 4 is 0 Å². The topological polar surface area (TPSA) is 32.5 Å². The molecule has 0 spiro atoms. The van der Waals surface area contributed by atoms with Gasteiger partial charge in [0.2, 0.25) is 0 Å². The molecular formula is C15H25N3. The van der Waals surface area contributed by atoms with Crippen LogP contribution in [0.3, 0.4) is 0 Å². The average molecular weight is 247 g/mol. The van der Waals surface area contributed by atoms with Crippen LogP contribution in [0.2, 0.25) is 0 Å². The van der Waals surface area contributed by atoms with Gasteiger partial charge in [0, 0.05) is 25.2 Å². The third kappa shape index (κ3) is 2.91. The van der Waals surface area contributed by atoms with E-state index < -0.39 is 0 Å². The SMILES string of the molecule is CN(C)C1(CN)CCCN(Cc2ccccc2)C1. The Morgan fingerprint density at radius 3 is 2.61 bits per heavy atom. The second kappa shape index (κ2) is 5.83. The lowest BCUT2D eigenvalue weighted by atomic mass is 9.87. The van der Waals surface area contributed by atoms with E-state index in [1.54, 1.807) is 0 Å². The van der Waals surface area contributed by atoms with Crippen molar-refractivity contribution in [1.29, 1.82) is 0 Å². The minimum Gasteiger partial charge on any atom is -0.329 e. The standard InChI is InChI=1S/C15H25N3/c1-17(2)15(12-16)9-6-10-18(13-15)11-14-7-4-3-5-8-14/h3-5,7-8H,6,9-13,16H2,1-2H3. The van der Waals surface area contributed by atoms with E-state index in [1.807, 2.05) is 0 Å². The highest BCUT2D eigenvalue weighted by atomic mass is 15.2. The molecule has 3 nitrogen and oxygen atoms in total. The lowest BCUT2D eigenvalue weighted by Crippen LogP contribution is -2.60. The number of likely N-dealkylation sites (tertiary alicyclic amines) is 1. The van der Waals surface area contributed by atoms with E-state index in [4.69, 9.17) is 5.73 Å². The first kappa shape index (κ1) is 13.5. The predicted molar refractivity (Wildman–Crippen MR) is 76.4 cm³/mol. The minimum absolute atomic E-state index is 0.160. The Morgan fingerprint density at radius 2 is 2.00 bits per heavy atom. The number of hydrogen-bond donors (Lipinski definition) is 1. The molecule has 100 valence electrons. The third-order valence-electron chi connectivity index (χ3n) is 4.21. The molecule has 1 aromatic carbocycles. The molecule has 1 aromatic rings. The summed E-state index contributed by atoms with van der Waals surface area (Å²) in [6.07, 6.45) is 2.45. The second-order valence-electron chi connectivity index (χ2n) is 5.62. The maximum absolute atomic E-state index is 6.03. The van der Waals surface area contributed by atoms with Gasteiger partial charge in [0.15, 0.2) is 0 Å². The van der Waals surface area contributed by atoms with Gasteiger partial charge < -0.3 is 10.6 Å². The summed E-state index contributed by atoms with van der Waals surface area (Å²) in [7, 11) is 4.30. The summed E-state index contributed by atoms with van der Waals surface area (Å²) >= 11 is 0. The fourth-order valence-electron chi connectivity index (χ4n) is 2.90. The van der Waals surface area contributed by atoms with Crippen molar-refractivity contribution < 1.29 is 0 Å². The highest BCUT2D eigenvalue weighted by Crippen LogP contribution is 2.25. The van der Waals surface area contributed by atoms with Crippen molar-refractivity contribution in [3.63, 3.8) is 0 Å². The van der Waals surface area contributed by atoms with Crippen molar-refractivity contribution in [3.05, 3.63) is 35.9 Å². The van der Waals surface area contributed by atoms with E-state index in [0.29, 0.717) is 0 Å². The predicted octanol–water partition coefficient (Wildman–Crippen LogP) is 1.54. The van der Waals surface area contributed by atoms with Crippen LogP contribution in [-0.4, -0.2) is 49.1 Å². The van der Waals surface area contributed by atoms with Gasteiger partial charge in [0.25, 0.3) is 0 Å². The molecule has 1 saturated heterocycles. The quantitative estimate of drug-likeness (QED) is 0.876. The van der Waals surface area contributed by atoms with Gasteiger partial charge in [0.05, 0.1) is 0 Å². The molecule has 1 heterocycles. The lowest BCUT2D eigenvalue weighted by molar-refractivity contribution is 0.0466. The number of nitrogens with zero attached hydrogens (tertiary/aromatic N) is 2. The summed E-state index contributed by atoms with van der Waals surface area (Å²) in [5.74, 6) is 0. The number of rotatable bonds is 4. The molecular weight excluding hydrogens is 222 g/mol. The average Bonchev–Trinajstić information content (AvgIpc) is 2.40. The highest BCUT2D eigenvalue weighted by Gasteiger charge is 2.35. The number of likely N-dealkylation sites (N-methyl/N-ethyl adjacent to an activating group) is 1. The summed E-state index contributed by atoms with van der Waals surface area (Å²) in [5, 5.41) is 0. The Kier molecular flexibility index (Phi) is 4.38. The first-order chi connectivity index (χ1) is 8.66. The number of piperidine rings is 1. The normalized spacial score (nSPS) is 25.6. The lowest BCUT2D eigenvalue weighted by Gasteiger charge is -2.46. The second-order valence-corrected chi connectivity index (χ2v) is 5.62. The summed E-state index contributed by atoms with van der Waals surface area (Å²) < 4.78 is 0. The van der Waals surface area contributed by atoms with E-state index >= 15 is 0 Å². The smallest absolute Gasteiger partial charge is 0.0453 e. The van der Waals surface area contributed by atoms with Gasteiger partial charge in [-0.25, -0.2) is 0 Å². The molecule has 1 aliphatic heterocycles. The molecule has 1 aliphatic rings. The van der Waals surface area contributed by atoms with Gasteiger partial charge in [-0.05, 0) is 39.0 Å². The summed E-state index contributed by atoms with van der Waals surface area (Å²) in [4.78, 5) is 4.84. The molecule has 0 aromatic heterocycles. The van der Waals surface area contributed by atoms with E-state index in [2.05, 4.69) is 54.2 Å². The van der Waals surface area contributed by atoms with Crippen LogP contribution in [0.15, 0.2) is 30.3 Å². The van der Waals surface area contributed by atoms with E-state index in [9.17, 15) is 0 Å². The molecule has 2 rings (SSSR count). The Labute approximate surface area is 111 Å². The highest BCUT2D eigenvalue weighted by molar-refractivity contribution is 5.14. The van der Waals surface area contributed by atoms with Gasteiger partial charge >= 0.3 is 0 Å². The Morgan fingerprint density at radius 1 is 1.28 bits per heavy atom. The fourth-order valence-corrected chi connectivity index (χ4v) is 2.90. The van der Waals surface area contributed by atoms with E-state index in [-0.39, 0.29) is 5.54 Å². The van der Waals surface area contributed by atoms with E-state index in [0.717, 1.165) is 19.6 Å². The maximum Gasteiger partial charge on any atom is 0.0453 e. The Balaban J connectivity index is 2.02. The van der Waals surface area contributed by atoms with Gasteiger partial charge in [-0.2, -0.15) is 0 Å². The molecule has 1 unspecified atom stereocenters. The number of benzene rings is 1. The molecule has 1 fully saturated rings. The van der Waals surface area contributed by atoms with Gasteiger partial charge in [-0.1, -0.05) is 30.3 Å². The van der Waals surface area contributed by atoms with Crippen LogP contribution in [0.4, 0.5) is 0 Å². The van der Waals surface area contributed by atoms with Crippen LogP contribution in [0, 0.1) is 0 Å². The van der Waals surface area contributed by atoms with Crippen molar-refractivity contribution in [3.8, 4) is 0 Å². The molecule has 0 bridgehead atoms. The summed E-state index contributed by atoms with van der Waals surface area (Å²) in [5.41, 5.74) is 7.58. The summed E-state index contributed by atoms with van der Waals surface area (Å²) in [6.45, 7) is 4.04. The fraction of sp³-hybridized carbons (Fsp3) is 0.600. The van der Waals surface area contributed by atoms with Crippen LogP contribution < -0.4 is 5.73 Å². The van der Waals surface area contributed by atoms with Crippen LogP contribution in [0.25, 0.3) is 0 Å². The zero-order valence-electron chi connectivity index (χ0n) is 11.6. The molecule has 3 heteroatoms. The zero-order valence-corrected chi connectivity index (χ0v) is 11.6. The minimum atomic E-state index is 0.160. The van der Waals surface area contributed by atoms with Crippen LogP contribution in [0.5, 0.6) is 0 Å². The van der Waals surface area contributed by atoms with Crippen molar-refractivity contribution in [1.82, 2.24) is 9.80 Å². The Hall–Kier alpha value is -0.900. The largest absolute Gasteiger partial charge is 0.329 e. The molecule has 0 saturated carbocycles. The third-order valence-corrected chi connectivity index (χ3v) is 4.21. The Bertz CT molecular complexity index is 363. The van der Waals surface area contributed by atoms with Crippen molar-refractivity contribution in [2.45, 2.75) is 24.9 Å². The molecule has 2 N–H and O–H groups in total. The van der Waals surface area contributed by atoms with Crippen molar-refractivity contribution in [2.75, 3.05) is 33.7 Å². The zero-order chi connectivity index (χ0) is 13.0. The number of nitrogens with two attached hydrogens (primary N) is 1. The number of hydrogen-bond acceptors (Lipinski definition) is 3. The monoisotopic (exact) mass is 247 g/mol. The molecule has 0 aliphatic carbocycles. The molecule has 0 amide bonds. The van der Waals surface area contributed by atoms with Crippen molar-refractivity contribution in [2.24, 2.45) is 5.73 Å². The summed E-state index contributed by atoms with van der Waals surface area (Å²) in [6, 6.07) is 10.7. The molecule has 0 radical (unpaired) electrons. The maximum atomic E-state index is 6.03. The van der Waals surface area contributed by atoms with Crippen LogP contribution in [-0.2, 0) is 6.54 Å². The van der Waals surface area contributed by atoms with Gasteiger partial charge in [-0.3, -0.25) is 4.90 Å². The first-order valence-corrected chi connectivity index (χ1v) is 6.80. The first-order valence-electron chi connectivity index (χ1n) is 6.80. The van der Waals surface area contributed by atoms with Gasteiger partial charge in [0.1, 0.15) is 0 Å². The van der Waals surface area contributed by atoms with Gasteiger partial charge in [-0.15, -0.1) is 0 Å². The molecule has 1 atom stereocenters. The van der Waals surface area contributed by atoms with Crippen LogP contribution in [0.1, 0.15) is 18.4 Å². The van der Waals surface area contributed by atoms with E-state index in [1.165, 1.54) is 24.9 Å². The van der Waals surface area contributed by atoms with Crippen LogP contribution >= 0.6 is 0 Å². The molecule has 18 heavy (non-hydrogen) atoms.